The number of hydrogen-bond donors (Lipinski definition) is 1. The van der Waals surface area contributed by atoms with Gasteiger partial charge in [-0.1, -0.05) is 18.2 Å². The first-order valence-electron chi connectivity index (χ1n) is 7.68. The Kier molecular flexibility index (Phi) is 8.97. The number of esters is 2. The number of para-hydroxylation sites is 1. The van der Waals surface area contributed by atoms with E-state index in [2.05, 4.69) is 9.82 Å². The van der Waals surface area contributed by atoms with Crippen LogP contribution in [0, 0.1) is 20.2 Å². The van der Waals surface area contributed by atoms with Gasteiger partial charge >= 0.3 is 11.9 Å². The first-order chi connectivity index (χ1) is 13.7. The SMILES string of the molecule is CC(=O)Oc1ccccc1C(=O)OCc1ccc(CO[N+](=O)[O-])cn1.O=[N+]([O-])O. The monoisotopic (exact) mass is 409 g/mol. The van der Waals surface area contributed by atoms with Crippen LogP contribution in [0.15, 0.2) is 42.6 Å². The molecular formula is C16H15N3O10. The van der Waals surface area contributed by atoms with Crippen LogP contribution in [0.2, 0.25) is 0 Å². The fourth-order valence-corrected chi connectivity index (χ4v) is 1.85. The van der Waals surface area contributed by atoms with Gasteiger partial charge in [-0.3, -0.25) is 9.78 Å². The van der Waals surface area contributed by atoms with E-state index in [1.54, 1.807) is 24.3 Å². The number of carbonyl (C=O) groups is 2. The van der Waals surface area contributed by atoms with Gasteiger partial charge in [0, 0.05) is 13.1 Å². The maximum atomic E-state index is 12.1. The summed E-state index contributed by atoms with van der Waals surface area (Å²) >= 11 is 0. The van der Waals surface area contributed by atoms with Gasteiger partial charge in [-0.05, 0) is 23.8 Å². The zero-order chi connectivity index (χ0) is 21.8. The molecular weight excluding hydrogens is 394 g/mol. The lowest BCUT2D eigenvalue weighted by atomic mass is 10.2. The molecule has 1 aromatic carbocycles. The van der Waals surface area contributed by atoms with Crippen LogP contribution in [0.4, 0.5) is 0 Å². The number of aromatic nitrogens is 1. The van der Waals surface area contributed by atoms with Crippen molar-refractivity contribution >= 4 is 11.9 Å². The minimum Gasteiger partial charge on any atom is -0.455 e. The molecule has 0 amide bonds. The maximum Gasteiger partial charge on any atom is 0.342 e. The third-order valence-electron chi connectivity index (χ3n) is 2.93. The van der Waals surface area contributed by atoms with Crippen LogP contribution in [0.1, 0.15) is 28.5 Å². The van der Waals surface area contributed by atoms with Gasteiger partial charge in [0.15, 0.2) is 0 Å². The van der Waals surface area contributed by atoms with Crippen molar-refractivity contribution in [3.8, 4) is 5.75 Å². The molecule has 0 bridgehead atoms. The van der Waals surface area contributed by atoms with E-state index in [9.17, 15) is 19.7 Å². The van der Waals surface area contributed by atoms with Crippen molar-refractivity contribution in [1.82, 2.24) is 4.98 Å². The Morgan fingerprint density at radius 1 is 1.10 bits per heavy atom. The number of hydrogen-bond acceptors (Lipinski definition) is 10. The van der Waals surface area contributed by atoms with E-state index in [-0.39, 0.29) is 24.5 Å². The molecule has 0 radical (unpaired) electrons. The second kappa shape index (κ2) is 11.4. The van der Waals surface area contributed by atoms with Crippen molar-refractivity contribution in [3.05, 3.63) is 79.6 Å². The molecule has 0 aliphatic carbocycles. The average molecular weight is 409 g/mol. The van der Waals surface area contributed by atoms with Crippen molar-refractivity contribution < 1.29 is 39.3 Å². The van der Waals surface area contributed by atoms with Gasteiger partial charge in [0.05, 0.1) is 5.69 Å². The summed E-state index contributed by atoms with van der Waals surface area (Å²) in [5.41, 5.74) is 1.07. The molecule has 0 saturated carbocycles. The van der Waals surface area contributed by atoms with Crippen LogP contribution >= 0.6 is 0 Å². The van der Waals surface area contributed by atoms with E-state index < -0.39 is 22.1 Å². The summed E-state index contributed by atoms with van der Waals surface area (Å²) < 4.78 is 10.1. The van der Waals surface area contributed by atoms with Crippen LogP contribution < -0.4 is 4.74 Å². The Labute approximate surface area is 162 Å². The molecule has 13 nitrogen and oxygen atoms in total. The highest BCUT2D eigenvalue weighted by molar-refractivity contribution is 5.93. The van der Waals surface area contributed by atoms with E-state index in [1.165, 1.54) is 25.3 Å². The normalized spacial score (nSPS) is 9.41. The third-order valence-corrected chi connectivity index (χ3v) is 2.93. The Morgan fingerprint density at radius 2 is 1.76 bits per heavy atom. The summed E-state index contributed by atoms with van der Waals surface area (Å²) in [5, 5.41) is 22.9. The second-order valence-corrected chi connectivity index (χ2v) is 5.06. The highest BCUT2D eigenvalue weighted by Crippen LogP contribution is 2.19. The standard InChI is InChI=1S/C16H14N2O7.HNO3/c1-11(19)25-15-5-3-2-4-14(15)16(20)23-10-13-7-6-12(8-17-13)9-24-18(21)22;2-1(3)4/h2-8H,9-10H2,1H3;(H,2,3,4). The second-order valence-electron chi connectivity index (χ2n) is 5.06. The van der Waals surface area contributed by atoms with Gasteiger partial charge in [-0.2, -0.15) is 0 Å². The number of pyridine rings is 1. The molecule has 13 heteroatoms. The molecule has 1 N–H and O–H groups in total. The summed E-state index contributed by atoms with van der Waals surface area (Å²) in [5.74, 6) is -1.10. The number of rotatable bonds is 7. The molecule has 0 aliphatic rings. The molecule has 0 atom stereocenters. The Bertz CT molecular complexity index is 866. The molecule has 0 unspecified atom stereocenters. The molecule has 29 heavy (non-hydrogen) atoms. The van der Waals surface area contributed by atoms with Gasteiger partial charge in [-0.15, -0.1) is 20.2 Å². The minimum absolute atomic E-state index is 0.108. The predicted molar refractivity (Wildman–Crippen MR) is 91.7 cm³/mol. The number of carbonyl (C=O) groups excluding carboxylic acids is 2. The molecule has 0 spiro atoms. The fourth-order valence-electron chi connectivity index (χ4n) is 1.85. The van der Waals surface area contributed by atoms with Crippen molar-refractivity contribution in [2.24, 2.45) is 0 Å². The molecule has 1 aromatic heterocycles. The summed E-state index contributed by atoms with van der Waals surface area (Å²) in [6.07, 6.45) is 1.39. The van der Waals surface area contributed by atoms with Crippen LogP contribution in [-0.4, -0.2) is 32.3 Å². The fraction of sp³-hybridized carbons (Fsp3) is 0.188. The lowest BCUT2D eigenvalue weighted by Gasteiger charge is -2.09. The zero-order valence-electron chi connectivity index (χ0n) is 14.9. The lowest BCUT2D eigenvalue weighted by molar-refractivity contribution is -0.763. The van der Waals surface area contributed by atoms with E-state index in [0.717, 1.165) is 0 Å². The molecule has 0 fully saturated rings. The van der Waals surface area contributed by atoms with Crippen molar-refractivity contribution in [3.63, 3.8) is 0 Å². The van der Waals surface area contributed by atoms with E-state index in [1.807, 2.05) is 0 Å². The Balaban J connectivity index is 0.000000960. The number of nitrogens with zero attached hydrogens (tertiary/aromatic N) is 3. The first-order valence-corrected chi connectivity index (χ1v) is 7.68. The smallest absolute Gasteiger partial charge is 0.342 e. The largest absolute Gasteiger partial charge is 0.455 e. The number of ether oxygens (including phenoxy) is 2. The summed E-state index contributed by atoms with van der Waals surface area (Å²) in [4.78, 5) is 49.9. The first kappa shape index (κ1) is 22.8. The van der Waals surface area contributed by atoms with Crippen LogP contribution in [0.3, 0.4) is 0 Å². The summed E-state index contributed by atoms with van der Waals surface area (Å²) in [7, 11) is 0. The Hall–Kier alpha value is -4.29. The lowest BCUT2D eigenvalue weighted by Crippen LogP contribution is -2.10. The van der Waals surface area contributed by atoms with Crippen LogP contribution in [-0.2, 0) is 27.6 Å². The summed E-state index contributed by atoms with van der Waals surface area (Å²) in [6.45, 7) is 0.912. The van der Waals surface area contributed by atoms with E-state index in [4.69, 9.17) is 24.8 Å². The number of benzene rings is 1. The predicted octanol–water partition coefficient (Wildman–Crippen LogP) is 1.72. The van der Waals surface area contributed by atoms with Gasteiger partial charge in [-0.25, -0.2) is 4.79 Å². The summed E-state index contributed by atoms with van der Waals surface area (Å²) in [6, 6.07) is 9.34. The van der Waals surface area contributed by atoms with Gasteiger partial charge in [0.25, 0.3) is 10.2 Å². The molecule has 0 saturated heterocycles. The molecule has 154 valence electrons. The minimum atomic E-state index is -1.50. The average Bonchev–Trinajstić information content (AvgIpc) is 2.65. The van der Waals surface area contributed by atoms with Crippen molar-refractivity contribution in [2.75, 3.05) is 0 Å². The van der Waals surface area contributed by atoms with Gasteiger partial charge in [0.1, 0.15) is 24.5 Å². The third kappa shape index (κ3) is 9.28. The van der Waals surface area contributed by atoms with Gasteiger partial charge in [0.2, 0.25) is 0 Å². The van der Waals surface area contributed by atoms with Crippen molar-refractivity contribution in [1.29, 1.82) is 0 Å². The zero-order valence-corrected chi connectivity index (χ0v) is 14.9. The van der Waals surface area contributed by atoms with E-state index in [0.29, 0.717) is 11.3 Å². The van der Waals surface area contributed by atoms with Crippen molar-refractivity contribution in [2.45, 2.75) is 20.1 Å². The molecule has 1 heterocycles. The molecule has 0 aliphatic heterocycles. The van der Waals surface area contributed by atoms with Crippen LogP contribution in [0.25, 0.3) is 0 Å². The van der Waals surface area contributed by atoms with Gasteiger partial charge < -0.3 is 19.5 Å². The van der Waals surface area contributed by atoms with E-state index >= 15 is 0 Å². The molecule has 2 rings (SSSR count). The quantitative estimate of drug-likeness (QED) is 0.304. The topological polar surface area (TPSA) is 181 Å². The highest BCUT2D eigenvalue weighted by Gasteiger charge is 2.15. The molecule has 2 aromatic rings. The maximum absolute atomic E-state index is 12.1. The Morgan fingerprint density at radius 3 is 2.31 bits per heavy atom. The highest BCUT2D eigenvalue weighted by atomic mass is 16.9. The van der Waals surface area contributed by atoms with Crippen LogP contribution in [0.5, 0.6) is 5.75 Å².